The van der Waals surface area contributed by atoms with Crippen LogP contribution in [0.25, 0.3) is 0 Å². The molecule has 1 heterocycles. The summed E-state index contributed by atoms with van der Waals surface area (Å²) in [4.78, 5) is 19.5. The largest absolute Gasteiger partial charge is 0.381 e. The molecule has 7 heteroatoms. The first kappa shape index (κ1) is 15.3. The maximum atomic E-state index is 11.7. The number of hydrogen-bond acceptors (Lipinski definition) is 6. The van der Waals surface area contributed by atoms with Crippen LogP contribution in [0, 0.1) is 0 Å². The molecule has 0 aliphatic carbocycles. The van der Waals surface area contributed by atoms with Gasteiger partial charge < -0.3 is 15.5 Å². The molecule has 0 aliphatic heterocycles. The fourth-order valence-electron chi connectivity index (χ4n) is 1.33. The van der Waals surface area contributed by atoms with Crippen LogP contribution in [0.15, 0.2) is 12.4 Å². The topological polar surface area (TPSA) is 102 Å². The third kappa shape index (κ3) is 6.12. The van der Waals surface area contributed by atoms with Gasteiger partial charge in [-0.2, -0.15) is 0 Å². The van der Waals surface area contributed by atoms with Crippen molar-refractivity contribution in [3.63, 3.8) is 0 Å². The summed E-state index contributed by atoms with van der Waals surface area (Å²) in [6.45, 7) is 4.12. The van der Waals surface area contributed by atoms with E-state index >= 15 is 0 Å². The lowest BCUT2D eigenvalue weighted by molar-refractivity contribution is 0.0935. The SMILES string of the molecule is CCCCOCCCNC(=O)c1cnc(NN)cn1. The third-order valence-corrected chi connectivity index (χ3v) is 2.43. The zero-order valence-electron chi connectivity index (χ0n) is 11.2. The van der Waals surface area contributed by atoms with E-state index in [1.807, 2.05) is 0 Å². The smallest absolute Gasteiger partial charge is 0.271 e. The number of ether oxygens (including phenoxy) is 1. The number of hydrazine groups is 1. The van der Waals surface area contributed by atoms with Crippen molar-refractivity contribution in [3.8, 4) is 0 Å². The molecule has 19 heavy (non-hydrogen) atoms. The van der Waals surface area contributed by atoms with Gasteiger partial charge in [-0.15, -0.1) is 0 Å². The molecule has 0 aliphatic rings. The monoisotopic (exact) mass is 267 g/mol. The predicted molar refractivity (Wildman–Crippen MR) is 72.5 cm³/mol. The number of unbranched alkanes of at least 4 members (excludes halogenated alkanes) is 1. The Bertz CT molecular complexity index is 369. The Hall–Kier alpha value is -1.73. The lowest BCUT2D eigenvalue weighted by Crippen LogP contribution is -2.26. The molecule has 1 rings (SSSR count). The van der Waals surface area contributed by atoms with E-state index in [2.05, 4.69) is 27.6 Å². The number of rotatable bonds is 9. The molecule has 1 aromatic heterocycles. The number of nitrogens with zero attached hydrogens (tertiary/aromatic N) is 2. The van der Waals surface area contributed by atoms with E-state index in [1.165, 1.54) is 12.4 Å². The van der Waals surface area contributed by atoms with Crippen molar-refractivity contribution in [2.75, 3.05) is 25.2 Å². The highest BCUT2D eigenvalue weighted by Crippen LogP contribution is 1.98. The standard InChI is InChI=1S/C12H21N5O2/c1-2-3-6-19-7-4-5-14-12(18)10-8-16-11(17-13)9-15-10/h8-9H,2-7,13H2,1H3,(H,14,18)(H,16,17). The van der Waals surface area contributed by atoms with Crippen LogP contribution < -0.4 is 16.6 Å². The third-order valence-electron chi connectivity index (χ3n) is 2.43. The van der Waals surface area contributed by atoms with Crippen molar-refractivity contribution >= 4 is 11.7 Å². The van der Waals surface area contributed by atoms with Gasteiger partial charge in [0.1, 0.15) is 5.69 Å². The van der Waals surface area contributed by atoms with Crippen LogP contribution in [0.2, 0.25) is 0 Å². The number of aromatic nitrogens is 2. The summed E-state index contributed by atoms with van der Waals surface area (Å²) in [5.74, 6) is 5.33. The fourth-order valence-corrected chi connectivity index (χ4v) is 1.33. The van der Waals surface area contributed by atoms with Crippen LogP contribution in [-0.4, -0.2) is 35.6 Å². The average Bonchev–Trinajstić information content (AvgIpc) is 2.46. The Balaban J connectivity index is 2.16. The van der Waals surface area contributed by atoms with E-state index in [-0.39, 0.29) is 11.6 Å². The summed E-state index contributed by atoms with van der Waals surface area (Å²) >= 11 is 0. The Morgan fingerprint density at radius 1 is 1.32 bits per heavy atom. The number of hydrogen-bond donors (Lipinski definition) is 3. The van der Waals surface area contributed by atoms with Gasteiger partial charge in [-0.3, -0.25) is 4.79 Å². The summed E-state index contributed by atoms with van der Waals surface area (Å²) in [5, 5.41) is 2.75. The van der Waals surface area contributed by atoms with Gasteiger partial charge in [0.15, 0.2) is 5.82 Å². The summed E-state index contributed by atoms with van der Waals surface area (Å²) in [7, 11) is 0. The normalized spacial score (nSPS) is 10.2. The molecule has 4 N–H and O–H groups in total. The molecule has 0 spiro atoms. The van der Waals surface area contributed by atoms with E-state index in [0.29, 0.717) is 19.0 Å². The molecule has 0 unspecified atom stereocenters. The van der Waals surface area contributed by atoms with Gasteiger partial charge in [-0.25, -0.2) is 15.8 Å². The van der Waals surface area contributed by atoms with E-state index in [0.717, 1.165) is 25.9 Å². The first-order chi connectivity index (χ1) is 9.27. The first-order valence-corrected chi connectivity index (χ1v) is 6.42. The number of anilines is 1. The highest BCUT2D eigenvalue weighted by molar-refractivity contribution is 5.91. The molecule has 0 bridgehead atoms. The summed E-state index contributed by atoms with van der Waals surface area (Å²) in [5.41, 5.74) is 2.62. The van der Waals surface area contributed by atoms with Crippen LogP contribution in [0.3, 0.4) is 0 Å². The van der Waals surface area contributed by atoms with E-state index < -0.39 is 0 Å². The van der Waals surface area contributed by atoms with E-state index in [9.17, 15) is 4.79 Å². The minimum atomic E-state index is -0.246. The van der Waals surface area contributed by atoms with Crippen LogP contribution in [0.1, 0.15) is 36.7 Å². The van der Waals surface area contributed by atoms with Gasteiger partial charge in [0.05, 0.1) is 12.4 Å². The second-order valence-corrected chi connectivity index (χ2v) is 4.01. The Morgan fingerprint density at radius 3 is 2.74 bits per heavy atom. The molecule has 7 nitrogen and oxygen atoms in total. The average molecular weight is 267 g/mol. The van der Waals surface area contributed by atoms with Crippen molar-refractivity contribution in [3.05, 3.63) is 18.1 Å². The maximum absolute atomic E-state index is 11.7. The molecular weight excluding hydrogens is 246 g/mol. The second kappa shape index (κ2) is 9.23. The molecule has 0 fully saturated rings. The highest BCUT2D eigenvalue weighted by atomic mass is 16.5. The van der Waals surface area contributed by atoms with E-state index in [1.54, 1.807) is 0 Å². The zero-order chi connectivity index (χ0) is 13.9. The minimum Gasteiger partial charge on any atom is -0.381 e. The predicted octanol–water partition coefficient (Wildman–Crippen LogP) is 0.699. The highest BCUT2D eigenvalue weighted by Gasteiger charge is 2.06. The van der Waals surface area contributed by atoms with Crippen molar-refractivity contribution in [1.82, 2.24) is 15.3 Å². The van der Waals surface area contributed by atoms with Crippen LogP contribution in [0.4, 0.5) is 5.82 Å². The van der Waals surface area contributed by atoms with Gasteiger partial charge in [0.25, 0.3) is 5.91 Å². The van der Waals surface area contributed by atoms with Gasteiger partial charge in [0.2, 0.25) is 0 Å². The van der Waals surface area contributed by atoms with Crippen molar-refractivity contribution in [2.45, 2.75) is 26.2 Å². The maximum Gasteiger partial charge on any atom is 0.271 e. The van der Waals surface area contributed by atoms with Gasteiger partial charge >= 0.3 is 0 Å². The Morgan fingerprint density at radius 2 is 2.11 bits per heavy atom. The van der Waals surface area contributed by atoms with E-state index in [4.69, 9.17) is 10.6 Å². The summed E-state index contributed by atoms with van der Waals surface area (Å²) in [6.07, 6.45) is 5.77. The number of nitrogens with one attached hydrogen (secondary N) is 2. The second-order valence-electron chi connectivity index (χ2n) is 4.01. The summed E-state index contributed by atoms with van der Waals surface area (Å²) in [6, 6.07) is 0. The molecular formula is C12H21N5O2. The van der Waals surface area contributed by atoms with Crippen molar-refractivity contribution in [1.29, 1.82) is 0 Å². The molecule has 0 aromatic carbocycles. The zero-order valence-corrected chi connectivity index (χ0v) is 11.2. The molecule has 1 aromatic rings. The number of carbonyl (C=O) groups is 1. The number of nitrogens with two attached hydrogens (primary N) is 1. The Kier molecular flexibility index (Phi) is 7.45. The molecule has 1 amide bonds. The summed E-state index contributed by atoms with van der Waals surface area (Å²) < 4.78 is 5.39. The molecule has 0 atom stereocenters. The number of carbonyl (C=O) groups excluding carboxylic acids is 1. The molecule has 0 saturated heterocycles. The number of amides is 1. The van der Waals surface area contributed by atoms with Crippen LogP contribution in [-0.2, 0) is 4.74 Å². The molecule has 0 radical (unpaired) electrons. The lowest BCUT2D eigenvalue weighted by Gasteiger charge is -2.05. The van der Waals surface area contributed by atoms with Crippen LogP contribution in [0.5, 0.6) is 0 Å². The Labute approximate surface area is 112 Å². The van der Waals surface area contributed by atoms with Gasteiger partial charge in [-0.05, 0) is 12.8 Å². The van der Waals surface area contributed by atoms with Crippen LogP contribution >= 0.6 is 0 Å². The quantitative estimate of drug-likeness (QED) is 0.346. The first-order valence-electron chi connectivity index (χ1n) is 6.42. The van der Waals surface area contributed by atoms with Crippen molar-refractivity contribution < 1.29 is 9.53 Å². The molecule has 106 valence electrons. The van der Waals surface area contributed by atoms with Gasteiger partial charge in [0, 0.05) is 19.8 Å². The van der Waals surface area contributed by atoms with Crippen molar-refractivity contribution in [2.24, 2.45) is 5.84 Å². The lowest BCUT2D eigenvalue weighted by atomic mass is 10.3. The molecule has 0 saturated carbocycles. The fraction of sp³-hybridized carbons (Fsp3) is 0.583. The van der Waals surface area contributed by atoms with Gasteiger partial charge in [-0.1, -0.05) is 13.3 Å². The minimum absolute atomic E-state index is 0.246. The number of nitrogen functional groups attached to an aromatic ring is 1.